The zero-order valence-electron chi connectivity index (χ0n) is 11.7. The van der Waals surface area contributed by atoms with Gasteiger partial charge in [0.2, 0.25) is 0 Å². The molecule has 102 valence electrons. The average Bonchev–Trinajstić information content (AvgIpc) is 2.39. The maximum atomic E-state index is 6.02. The lowest BCUT2D eigenvalue weighted by atomic mass is 10.1. The van der Waals surface area contributed by atoms with Gasteiger partial charge in [-0.2, -0.15) is 0 Å². The van der Waals surface area contributed by atoms with E-state index in [1.165, 1.54) is 5.56 Å². The van der Waals surface area contributed by atoms with Crippen LogP contribution in [0.1, 0.15) is 25.8 Å². The zero-order valence-corrected chi connectivity index (χ0v) is 11.7. The van der Waals surface area contributed by atoms with Gasteiger partial charge in [-0.05, 0) is 31.4 Å². The maximum absolute atomic E-state index is 6.02. The number of hydrogen-bond acceptors (Lipinski definition) is 4. The van der Waals surface area contributed by atoms with E-state index in [4.69, 9.17) is 10.5 Å². The minimum Gasteiger partial charge on any atom is -0.380 e. The summed E-state index contributed by atoms with van der Waals surface area (Å²) in [5, 5.41) is 0. The van der Waals surface area contributed by atoms with Crippen LogP contribution < -0.4 is 10.6 Å². The Labute approximate surface area is 110 Å². The standard InChI is InChI=1S/C14H25N3O/c1-4-13(15)11-12-7-6-8-16-14(12)17(3)9-10-18-5-2/h6-8,13H,4-5,9-11,15H2,1-3H3. The van der Waals surface area contributed by atoms with Crippen LogP contribution in [0.3, 0.4) is 0 Å². The number of aromatic nitrogens is 1. The molecule has 4 heteroatoms. The first-order chi connectivity index (χ1) is 8.69. The van der Waals surface area contributed by atoms with E-state index in [9.17, 15) is 0 Å². The first kappa shape index (κ1) is 14.9. The molecule has 0 aromatic carbocycles. The monoisotopic (exact) mass is 251 g/mol. The topological polar surface area (TPSA) is 51.4 Å². The van der Waals surface area contributed by atoms with Gasteiger partial charge in [0.15, 0.2) is 0 Å². The fourth-order valence-corrected chi connectivity index (χ4v) is 1.81. The third-order valence-corrected chi connectivity index (χ3v) is 3.01. The number of nitrogens with zero attached hydrogens (tertiary/aromatic N) is 2. The quantitative estimate of drug-likeness (QED) is 0.716. The molecule has 0 aliphatic heterocycles. The van der Waals surface area contributed by atoms with Gasteiger partial charge in [0.05, 0.1) is 6.61 Å². The number of rotatable bonds is 8. The fraction of sp³-hybridized carbons (Fsp3) is 0.643. The lowest BCUT2D eigenvalue weighted by Crippen LogP contribution is -2.27. The second kappa shape index (κ2) is 8.06. The molecule has 1 rings (SSSR count). The molecule has 1 aromatic rings. The Morgan fingerprint density at radius 2 is 2.22 bits per heavy atom. The van der Waals surface area contributed by atoms with Crippen LogP contribution in [0.15, 0.2) is 18.3 Å². The normalized spacial score (nSPS) is 12.4. The van der Waals surface area contributed by atoms with Crippen molar-refractivity contribution in [3.63, 3.8) is 0 Å². The van der Waals surface area contributed by atoms with Gasteiger partial charge >= 0.3 is 0 Å². The van der Waals surface area contributed by atoms with Gasteiger partial charge in [-0.3, -0.25) is 0 Å². The number of anilines is 1. The van der Waals surface area contributed by atoms with Crippen molar-refractivity contribution in [2.45, 2.75) is 32.7 Å². The summed E-state index contributed by atoms with van der Waals surface area (Å²) in [7, 11) is 2.04. The number of ether oxygens (including phenoxy) is 1. The van der Waals surface area contributed by atoms with Gasteiger partial charge in [0, 0.05) is 32.4 Å². The first-order valence-electron chi connectivity index (χ1n) is 6.67. The lowest BCUT2D eigenvalue weighted by molar-refractivity contribution is 0.154. The molecular formula is C14H25N3O. The molecule has 1 unspecified atom stereocenters. The molecule has 0 spiro atoms. The molecule has 18 heavy (non-hydrogen) atoms. The SMILES string of the molecule is CCOCCN(C)c1ncccc1CC(N)CC. The zero-order chi connectivity index (χ0) is 13.4. The lowest BCUT2D eigenvalue weighted by Gasteiger charge is -2.22. The highest BCUT2D eigenvalue weighted by molar-refractivity contribution is 5.46. The van der Waals surface area contributed by atoms with E-state index in [0.717, 1.165) is 38.4 Å². The van der Waals surface area contributed by atoms with Crippen molar-refractivity contribution in [3.05, 3.63) is 23.9 Å². The van der Waals surface area contributed by atoms with E-state index in [-0.39, 0.29) is 6.04 Å². The summed E-state index contributed by atoms with van der Waals surface area (Å²) < 4.78 is 5.37. The van der Waals surface area contributed by atoms with Gasteiger partial charge in [-0.1, -0.05) is 13.0 Å². The average molecular weight is 251 g/mol. The van der Waals surface area contributed by atoms with Crippen LogP contribution in [-0.2, 0) is 11.2 Å². The molecule has 0 fully saturated rings. The van der Waals surface area contributed by atoms with Crippen LogP contribution >= 0.6 is 0 Å². The van der Waals surface area contributed by atoms with Crippen LogP contribution in [0, 0.1) is 0 Å². The predicted molar refractivity (Wildman–Crippen MR) is 76.0 cm³/mol. The summed E-state index contributed by atoms with van der Waals surface area (Å²) in [5.74, 6) is 1.01. The summed E-state index contributed by atoms with van der Waals surface area (Å²) >= 11 is 0. The molecule has 4 nitrogen and oxygen atoms in total. The molecule has 0 bridgehead atoms. The van der Waals surface area contributed by atoms with Crippen LogP contribution in [0.4, 0.5) is 5.82 Å². The fourth-order valence-electron chi connectivity index (χ4n) is 1.81. The Bertz CT molecular complexity index is 344. The van der Waals surface area contributed by atoms with Crippen LogP contribution in [0.2, 0.25) is 0 Å². The van der Waals surface area contributed by atoms with E-state index in [1.54, 1.807) is 0 Å². The van der Waals surface area contributed by atoms with Crippen LogP contribution in [0.25, 0.3) is 0 Å². The maximum Gasteiger partial charge on any atom is 0.131 e. The molecule has 0 aliphatic carbocycles. The first-order valence-corrected chi connectivity index (χ1v) is 6.67. The molecule has 0 amide bonds. The molecule has 1 aromatic heterocycles. The number of nitrogens with two attached hydrogens (primary N) is 1. The van der Waals surface area contributed by atoms with Crippen molar-refractivity contribution in [3.8, 4) is 0 Å². The highest BCUT2D eigenvalue weighted by Crippen LogP contribution is 2.17. The Balaban J connectivity index is 2.68. The highest BCUT2D eigenvalue weighted by atomic mass is 16.5. The van der Waals surface area contributed by atoms with Gasteiger partial charge in [0.1, 0.15) is 5.82 Å². The molecule has 1 heterocycles. The van der Waals surface area contributed by atoms with Crippen molar-refractivity contribution in [1.29, 1.82) is 0 Å². The summed E-state index contributed by atoms with van der Waals surface area (Å²) in [5.41, 5.74) is 7.24. The third kappa shape index (κ3) is 4.63. The van der Waals surface area contributed by atoms with E-state index in [1.807, 2.05) is 26.2 Å². The Kier molecular flexibility index (Phi) is 6.68. The third-order valence-electron chi connectivity index (χ3n) is 3.01. The number of pyridine rings is 1. The Morgan fingerprint density at radius 1 is 1.44 bits per heavy atom. The van der Waals surface area contributed by atoms with Gasteiger partial charge in [0.25, 0.3) is 0 Å². The number of hydrogen-bond donors (Lipinski definition) is 1. The molecule has 1 atom stereocenters. The minimum atomic E-state index is 0.202. The van der Waals surface area contributed by atoms with E-state index < -0.39 is 0 Å². The van der Waals surface area contributed by atoms with E-state index >= 15 is 0 Å². The van der Waals surface area contributed by atoms with E-state index in [0.29, 0.717) is 0 Å². The molecule has 0 radical (unpaired) electrons. The second-order valence-corrected chi connectivity index (χ2v) is 4.48. The summed E-state index contributed by atoms with van der Waals surface area (Å²) in [6.07, 6.45) is 3.68. The highest BCUT2D eigenvalue weighted by Gasteiger charge is 2.11. The predicted octanol–water partition coefficient (Wildman–Crippen LogP) is 1.83. The van der Waals surface area contributed by atoms with Gasteiger partial charge < -0.3 is 15.4 Å². The molecule has 0 saturated carbocycles. The molecule has 2 N–H and O–H groups in total. The van der Waals surface area contributed by atoms with Crippen LogP contribution in [0.5, 0.6) is 0 Å². The Morgan fingerprint density at radius 3 is 2.89 bits per heavy atom. The minimum absolute atomic E-state index is 0.202. The number of likely N-dealkylation sites (N-methyl/N-ethyl adjacent to an activating group) is 1. The second-order valence-electron chi connectivity index (χ2n) is 4.48. The Hall–Kier alpha value is -1.13. The van der Waals surface area contributed by atoms with Crippen molar-refractivity contribution >= 4 is 5.82 Å². The molecule has 0 saturated heterocycles. The largest absolute Gasteiger partial charge is 0.380 e. The van der Waals surface area contributed by atoms with Crippen molar-refractivity contribution in [1.82, 2.24) is 4.98 Å². The summed E-state index contributed by atoms with van der Waals surface area (Å²) in [6, 6.07) is 4.28. The summed E-state index contributed by atoms with van der Waals surface area (Å²) in [4.78, 5) is 6.59. The van der Waals surface area contributed by atoms with Crippen molar-refractivity contribution < 1.29 is 4.74 Å². The van der Waals surface area contributed by atoms with Crippen LogP contribution in [-0.4, -0.2) is 37.8 Å². The van der Waals surface area contributed by atoms with Gasteiger partial charge in [-0.15, -0.1) is 0 Å². The summed E-state index contributed by atoms with van der Waals surface area (Å²) in [6.45, 7) is 6.44. The molecule has 0 aliphatic rings. The van der Waals surface area contributed by atoms with Crippen molar-refractivity contribution in [2.75, 3.05) is 31.7 Å². The smallest absolute Gasteiger partial charge is 0.131 e. The van der Waals surface area contributed by atoms with Gasteiger partial charge in [-0.25, -0.2) is 4.98 Å². The molecular weight excluding hydrogens is 226 g/mol. The van der Waals surface area contributed by atoms with Crippen molar-refractivity contribution in [2.24, 2.45) is 5.73 Å². The van der Waals surface area contributed by atoms with E-state index in [2.05, 4.69) is 22.9 Å².